The minimum absolute atomic E-state index is 0.00749. The van der Waals surface area contributed by atoms with Crippen LogP contribution in [0.1, 0.15) is 16.1 Å². The van der Waals surface area contributed by atoms with Crippen LogP contribution in [0.2, 0.25) is 0 Å². The highest BCUT2D eigenvalue weighted by Gasteiger charge is 2.40. The minimum atomic E-state index is -4.79. The molecule has 1 heterocycles. The van der Waals surface area contributed by atoms with E-state index in [1.165, 1.54) is 36.4 Å². The van der Waals surface area contributed by atoms with Crippen molar-refractivity contribution in [1.82, 2.24) is 9.78 Å². The Balaban J connectivity index is 2.04. The predicted octanol–water partition coefficient (Wildman–Crippen LogP) is 3.85. The van der Waals surface area contributed by atoms with Crippen molar-refractivity contribution in [1.29, 1.82) is 0 Å². The molecule has 3 rings (SSSR count). The van der Waals surface area contributed by atoms with Gasteiger partial charge in [0.2, 0.25) is 0 Å². The van der Waals surface area contributed by atoms with Crippen LogP contribution in [0, 0.1) is 0 Å². The number of phenolic OH excluding ortho intramolecular Hbond substituents is 1. The number of alkyl halides is 3. The second-order valence-electron chi connectivity index (χ2n) is 5.12. The maximum Gasteiger partial charge on any atom is 0.434 e. The lowest BCUT2D eigenvalue weighted by atomic mass is 10.2. The summed E-state index contributed by atoms with van der Waals surface area (Å²) in [6.07, 6.45) is -3.94. The Morgan fingerprint density at radius 3 is 2.32 bits per heavy atom. The molecule has 0 saturated heterocycles. The van der Waals surface area contributed by atoms with E-state index in [4.69, 9.17) is 0 Å². The van der Waals surface area contributed by atoms with Crippen molar-refractivity contribution in [2.24, 2.45) is 0 Å². The van der Waals surface area contributed by atoms with Crippen molar-refractivity contribution in [2.45, 2.75) is 6.18 Å². The number of nitrogens with zero attached hydrogens (tertiary/aromatic N) is 2. The standard InChI is InChI=1S/C17H12F3N3O2/c18-17(19,20)15-12(10-21-23(15)11-6-2-1-3-7-11)16(25)22-13-8-4-5-9-14(13)24/h1-10,24H,(H,22,25). The Bertz CT molecular complexity index is 905. The molecule has 1 aromatic heterocycles. The van der Waals surface area contributed by atoms with Crippen LogP contribution in [0.25, 0.3) is 5.69 Å². The molecule has 0 spiro atoms. The third kappa shape index (κ3) is 3.32. The average molecular weight is 347 g/mol. The second-order valence-corrected chi connectivity index (χ2v) is 5.12. The van der Waals surface area contributed by atoms with E-state index >= 15 is 0 Å². The molecule has 0 aliphatic rings. The van der Waals surface area contributed by atoms with Gasteiger partial charge < -0.3 is 10.4 Å². The van der Waals surface area contributed by atoms with Gasteiger partial charge in [0.25, 0.3) is 5.91 Å². The smallest absolute Gasteiger partial charge is 0.434 e. The van der Waals surface area contributed by atoms with Crippen LogP contribution in [0.15, 0.2) is 60.8 Å². The maximum absolute atomic E-state index is 13.5. The number of rotatable bonds is 3. The first-order valence-electron chi connectivity index (χ1n) is 7.18. The SMILES string of the molecule is O=C(Nc1ccccc1O)c1cnn(-c2ccccc2)c1C(F)(F)F. The third-order valence-corrected chi connectivity index (χ3v) is 3.44. The van der Waals surface area contributed by atoms with E-state index in [1.807, 2.05) is 0 Å². The van der Waals surface area contributed by atoms with Gasteiger partial charge in [-0.3, -0.25) is 4.79 Å². The number of para-hydroxylation sites is 3. The lowest BCUT2D eigenvalue weighted by Gasteiger charge is -2.13. The number of benzene rings is 2. The lowest BCUT2D eigenvalue weighted by molar-refractivity contribution is -0.143. The molecule has 0 unspecified atom stereocenters. The molecule has 0 radical (unpaired) electrons. The van der Waals surface area contributed by atoms with E-state index in [0.717, 1.165) is 6.20 Å². The molecule has 2 aromatic carbocycles. The van der Waals surface area contributed by atoms with Gasteiger partial charge in [0, 0.05) is 0 Å². The van der Waals surface area contributed by atoms with E-state index < -0.39 is 23.3 Å². The van der Waals surface area contributed by atoms with Crippen LogP contribution in [-0.2, 0) is 6.18 Å². The van der Waals surface area contributed by atoms with Crippen molar-refractivity contribution < 1.29 is 23.1 Å². The van der Waals surface area contributed by atoms with Gasteiger partial charge in [-0.1, -0.05) is 30.3 Å². The summed E-state index contributed by atoms with van der Waals surface area (Å²) in [4.78, 5) is 12.3. The van der Waals surface area contributed by atoms with E-state index in [2.05, 4.69) is 10.4 Å². The van der Waals surface area contributed by atoms with Crippen molar-refractivity contribution in [3.63, 3.8) is 0 Å². The number of halogens is 3. The number of aromatic nitrogens is 2. The lowest BCUT2D eigenvalue weighted by Crippen LogP contribution is -2.20. The molecule has 0 atom stereocenters. The molecule has 0 aliphatic heterocycles. The normalized spacial score (nSPS) is 11.3. The summed E-state index contributed by atoms with van der Waals surface area (Å²) in [5.41, 5.74) is -1.64. The predicted molar refractivity (Wildman–Crippen MR) is 84.6 cm³/mol. The van der Waals surface area contributed by atoms with Crippen LogP contribution in [0.5, 0.6) is 5.75 Å². The number of aromatic hydroxyl groups is 1. The molecule has 8 heteroatoms. The average Bonchev–Trinajstić information content (AvgIpc) is 3.03. The molecule has 1 amide bonds. The first-order chi connectivity index (χ1) is 11.9. The Morgan fingerprint density at radius 2 is 1.68 bits per heavy atom. The fourth-order valence-corrected chi connectivity index (χ4v) is 2.32. The molecular formula is C17H12F3N3O2. The van der Waals surface area contributed by atoms with Crippen LogP contribution < -0.4 is 5.32 Å². The highest BCUT2D eigenvalue weighted by atomic mass is 19.4. The summed E-state index contributed by atoms with van der Waals surface area (Å²) < 4.78 is 41.2. The van der Waals surface area contributed by atoms with Gasteiger partial charge in [-0.15, -0.1) is 0 Å². The molecule has 0 saturated carbocycles. The largest absolute Gasteiger partial charge is 0.506 e. The number of hydrogen-bond acceptors (Lipinski definition) is 3. The first kappa shape index (κ1) is 16.6. The molecule has 0 fully saturated rings. The van der Waals surface area contributed by atoms with Crippen molar-refractivity contribution in [3.8, 4) is 11.4 Å². The molecular weight excluding hydrogens is 335 g/mol. The van der Waals surface area contributed by atoms with E-state index in [9.17, 15) is 23.1 Å². The van der Waals surface area contributed by atoms with Crippen molar-refractivity contribution in [2.75, 3.05) is 5.32 Å². The monoisotopic (exact) mass is 347 g/mol. The van der Waals surface area contributed by atoms with Gasteiger partial charge in [-0.2, -0.15) is 18.3 Å². The zero-order valence-corrected chi connectivity index (χ0v) is 12.7. The number of phenols is 1. The van der Waals surface area contributed by atoms with Crippen LogP contribution in [0.4, 0.5) is 18.9 Å². The van der Waals surface area contributed by atoms with Crippen LogP contribution in [-0.4, -0.2) is 20.8 Å². The molecule has 2 N–H and O–H groups in total. The minimum Gasteiger partial charge on any atom is -0.506 e. The van der Waals surface area contributed by atoms with Crippen LogP contribution >= 0.6 is 0 Å². The maximum atomic E-state index is 13.5. The number of nitrogens with one attached hydrogen (secondary N) is 1. The van der Waals surface area contributed by atoms with Gasteiger partial charge in [-0.25, -0.2) is 4.68 Å². The zero-order chi connectivity index (χ0) is 18.0. The number of amides is 1. The summed E-state index contributed by atoms with van der Waals surface area (Å²) in [6, 6.07) is 13.5. The summed E-state index contributed by atoms with van der Waals surface area (Å²) in [7, 11) is 0. The fourth-order valence-electron chi connectivity index (χ4n) is 2.32. The molecule has 128 valence electrons. The number of anilines is 1. The highest BCUT2D eigenvalue weighted by molar-refractivity contribution is 6.05. The van der Waals surface area contributed by atoms with Gasteiger partial charge in [0.05, 0.1) is 23.1 Å². The molecule has 0 bridgehead atoms. The summed E-state index contributed by atoms with van der Waals surface area (Å²) in [5.74, 6) is -1.27. The molecule has 0 aliphatic carbocycles. The Kier molecular flexibility index (Phi) is 4.18. The number of carbonyl (C=O) groups excluding carboxylic acids is 1. The third-order valence-electron chi connectivity index (χ3n) is 3.44. The number of hydrogen-bond donors (Lipinski definition) is 2. The van der Waals surface area contributed by atoms with E-state index in [0.29, 0.717) is 4.68 Å². The van der Waals surface area contributed by atoms with Crippen LogP contribution in [0.3, 0.4) is 0 Å². The van der Waals surface area contributed by atoms with E-state index in [1.54, 1.807) is 18.2 Å². The fraction of sp³-hybridized carbons (Fsp3) is 0.0588. The van der Waals surface area contributed by atoms with Crippen molar-refractivity contribution >= 4 is 11.6 Å². The second kappa shape index (κ2) is 6.31. The zero-order valence-electron chi connectivity index (χ0n) is 12.7. The topological polar surface area (TPSA) is 67.2 Å². The van der Waals surface area contributed by atoms with Gasteiger partial charge >= 0.3 is 6.18 Å². The number of carbonyl (C=O) groups is 1. The Labute approximate surface area is 140 Å². The van der Waals surface area contributed by atoms with Gasteiger partial charge in [-0.05, 0) is 24.3 Å². The van der Waals surface area contributed by atoms with Gasteiger partial charge in [0.15, 0.2) is 5.69 Å². The summed E-state index contributed by atoms with van der Waals surface area (Å²) in [5, 5.41) is 15.6. The van der Waals surface area contributed by atoms with Gasteiger partial charge in [0.1, 0.15) is 5.75 Å². The quantitative estimate of drug-likeness (QED) is 0.707. The highest BCUT2D eigenvalue weighted by Crippen LogP contribution is 2.34. The molecule has 5 nitrogen and oxygen atoms in total. The van der Waals surface area contributed by atoms with E-state index in [-0.39, 0.29) is 17.1 Å². The summed E-state index contributed by atoms with van der Waals surface area (Å²) in [6.45, 7) is 0. The Morgan fingerprint density at radius 1 is 1.04 bits per heavy atom. The Hall–Kier alpha value is -3.29. The molecule has 25 heavy (non-hydrogen) atoms. The first-order valence-corrected chi connectivity index (χ1v) is 7.18. The van der Waals surface area contributed by atoms with Crippen molar-refractivity contribution in [3.05, 3.63) is 72.1 Å². The summed E-state index contributed by atoms with van der Waals surface area (Å²) >= 11 is 0. The molecule has 3 aromatic rings.